The van der Waals surface area contributed by atoms with Gasteiger partial charge in [-0.2, -0.15) is 5.10 Å². The number of hydrazone groups is 1. The third-order valence-electron chi connectivity index (χ3n) is 4.23. The smallest absolute Gasteiger partial charge is 0.272 e. The molecule has 0 atom stereocenters. The highest BCUT2D eigenvalue weighted by atomic mass is 16.6. The summed E-state index contributed by atoms with van der Waals surface area (Å²) in [4.78, 5) is 20.9. The molecule has 0 aliphatic carbocycles. The maximum Gasteiger partial charge on any atom is 0.301 e. The van der Waals surface area contributed by atoms with Crippen molar-refractivity contribution in [2.45, 2.75) is 12.8 Å². The fourth-order valence-electron chi connectivity index (χ4n) is 2.82. The minimum atomic E-state index is -0.670. The van der Waals surface area contributed by atoms with Crippen LogP contribution in [0.2, 0.25) is 0 Å². The zero-order chi connectivity index (χ0) is 20.6. The number of nitrogens with zero attached hydrogens (tertiary/aromatic N) is 3. The Kier molecular flexibility index (Phi) is 6.26. The van der Waals surface area contributed by atoms with Crippen molar-refractivity contribution >= 4 is 22.8 Å². The largest absolute Gasteiger partial charge is 0.301 e. The van der Waals surface area contributed by atoms with E-state index in [1.54, 1.807) is 0 Å². The second kappa shape index (κ2) is 9.23. The molecule has 3 aromatic carbocycles. The number of hydrogen-bond donors (Lipinski definition) is 1. The summed E-state index contributed by atoms with van der Waals surface area (Å²) in [6.45, 7) is 0. The van der Waals surface area contributed by atoms with Crippen molar-refractivity contribution in [2.75, 3.05) is 5.43 Å². The quantitative estimate of drug-likeness (QED) is 0.339. The van der Waals surface area contributed by atoms with E-state index in [1.807, 2.05) is 60.7 Å². The molecule has 0 aliphatic rings. The highest BCUT2D eigenvalue weighted by molar-refractivity contribution is 5.89. The second-order valence-corrected chi connectivity index (χ2v) is 6.33. The number of anilines is 1. The number of nitro benzene ring substituents is 2. The van der Waals surface area contributed by atoms with Crippen molar-refractivity contribution in [1.82, 2.24) is 0 Å². The maximum absolute atomic E-state index is 11.3. The van der Waals surface area contributed by atoms with Gasteiger partial charge in [-0.15, -0.1) is 0 Å². The van der Waals surface area contributed by atoms with Crippen molar-refractivity contribution in [3.63, 3.8) is 0 Å². The van der Waals surface area contributed by atoms with Gasteiger partial charge in [0.2, 0.25) is 0 Å². The van der Waals surface area contributed by atoms with E-state index in [4.69, 9.17) is 0 Å². The second-order valence-electron chi connectivity index (χ2n) is 6.33. The summed E-state index contributed by atoms with van der Waals surface area (Å²) in [5.41, 5.74) is 4.96. The van der Waals surface area contributed by atoms with Gasteiger partial charge < -0.3 is 0 Å². The molecule has 8 heteroatoms. The Balaban J connectivity index is 1.89. The van der Waals surface area contributed by atoms with Gasteiger partial charge in [0.15, 0.2) is 0 Å². The first-order valence-electron chi connectivity index (χ1n) is 8.85. The molecule has 0 unspecified atom stereocenters. The minimum absolute atomic E-state index is 0.0965. The molecule has 29 heavy (non-hydrogen) atoms. The molecule has 0 amide bonds. The zero-order valence-electron chi connectivity index (χ0n) is 15.4. The van der Waals surface area contributed by atoms with Crippen LogP contribution < -0.4 is 5.43 Å². The van der Waals surface area contributed by atoms with Crippen LogP contribution in [-0.2, 0) is 12.8 Å². The van der Waals surface area contributed by atoms with Gasteiger partial charge >= 0.3 is 5.69 Å². The predicted octanol–water partition coefficient (Wildman–Crippen LogP) is 4.76. The normalized spacial score (nSPS) is 10.2. The molecule has 0 spiro atoms. The lowest BCUT2D eigenvalue weighted by molar-refractivity contribution is -0.393. The number of benzene rings is 3. The molecule has 0 saturated carbocycles. The van der Waals surface area contributed by atoms with Crippen LogP contribution in [0.15, 0.2) is 84.0 Å². The molecule has 146 valence electrons. The summed E-state index contributed by atoms with van der Waals surface area (Å²) in [6.07, 6.45) is 1.12. The molecule has 0 fully saturated rings. The van der Waals surface area contributed by atoms with Crippen LogP contribution in [0.25, 0.3) is 0 Å². The Morgan fingerprint density at radius 1 is 0.793 bits per heavy atom. The van der Waals surface area contributed by atoms with Gasteiger partial charge in [0, 0.05) is 24.6 Å². The van der Waals surface area contributed by atoms with Crippen LogP contribution in [0.3, 0.4) is 0 Å². The molecule has 0 heterocycles. The lowest BCUT2D eigenvalue weighted by Crippen LogP contribution is -2.10. The average molecular weight is 390 g/mol. The maximum atomic E-state index is 11.3. The number of hydrogen-bond acceptors (Lipinski definition) is 6. The standard InChI is InChI=1S/C21H18N4O4/c26-24(27)19-11-12-20(21(15-19)25(28)29)23-22-18(13-16-7-3-1-4-8-16)14-17-9-5-2-6-10-17/h1-12,15,23H,13-14H2. The highest BCUT2D eigenvalue weighted by Crippen LogP contribution is 2.29. The van der Waals surface area contributed by atoms with E-state index in [2.05, 4.69) is 10.5 Å². The Morgan fingerprint density at radius 2 is 1.34 bits per heavy atom. The molecule has 0 bridgehead atoms. The van der Waals surface area contributed by atoms with Crippen molar-refractivity contribution in [3.8, 4) is 0 Å². The first kappa shape index (κ1) is 19.7. The van der Waals surface area contributed by atoms with E-state index in [1.165, 1.54) is 12.1 Å². The number of nitro groups is 2. The van der Waals surface area contributed by atoms with E-state index in [0.717, 1.165) is 22.9 Å². The summed E-state index contributed by atoms with van der Waals surface area (Å²) >= 11 is 0. The first-order chi connectivity index (χ1) is 14.0. The van der Waals surface area contributed by atoms with Crippen molar-refractivity contribution in [3.05, 3.63) is 110 Å². The Hall–Kier alpha value is -4.07. The lowest BCUT2D eigenvalue weighted by Gasteiger charge is -2.09. The van der Waals surface area contributed by atoms with E-state index >= 15 is 0 Å². The summed E-state index contributed by atoms with van der Waals surface area (Å²) in [5, 5.41) is 26.6. The molecule has 0 aromatic heterocycles. The fraction of sp³-hybridized carbons (Fsp3) is 0.0952. The lowest BCUT2D eigenvalue weighted by atomic mass is 10.0. The van der Waals surface area contributed by atoms with Crippen molar-refractivity contribution < 1.29 is 9.85 Å². The number of nitrogens with one attached hydrogen (secondary N) is 1. The first-order valence-corrected chi connectivity index (χ1v) is 8.85. The molecular formula is C21H18N4O4. The fourth-order valence-corrected chi connectivity index (χ4v) is 2.82. The Labute approximate surface area is 166 Å². The molecule has 0 radical (unpaired) electrons. The highest BCUT2D eigenvalue weighted by Gasteiger charge is 2.19. The summed E-state index contributed by atoms with van der Waals surface area (Å²) in [7, 11) is 0. The van der Waals surface area contributed by atoms with Gasteiger partial charge in [-0.1, -0.05) is 60.7 Å². The van der Waals surface area contributed by atoms with Crippen LogP contribution in [0, 0.1) is 20.2 Å². The van der Waals surface area contributed by atoms with Gasteiger partial charge in [0.05, 0.1) is 15.9 Å². The minimum Gasteiger partial charge on any atom is -0.272 e. The van der Waals surface area contributed by atoms with Crippen molar-refractivity contribution in [1.29, 1.82) is 0 Å². The third kappa shape index (κ3) is 5.46. The molecule has 3 aromatic rings. The van der Waals surface area contributed by atoms with Crippen LogP contribution >= 0.6 is 0 Å². The van der Waals surface area contributed by atoms with E-state index in [-0.39, 0.29) is 11.4 Å². The molecular weight excluding hydrogens is 372 g/mol. The van der Waals surface area contributed by atoms with Gasteiger partial charge in [-0.3, -0.25) is 25.7 Å². The van der Waals surface area contributed by atoms with Crippen LogP contribution in [-0.4, -0.2) is 15.6 Å². The summed E-state index contributed by atoms with van der Waals surface area (Å²) in [5.74, 6) is 0. The Bertz CT molecular complexity index is 994. The van der Waals surface area contributed by atoms with Gasteiger partial charge in [-0.25, -0.2) is 0 Å². The zero-order valence-corrected chi connectivity index (χ0v) is 15.4. The third-order valence-corrected chi connectivity index (χ3v) is 4.23. The van der Waals surface area contributed by atoms with Crippen molar-refractivity contribution in [2.24, 2.45) is 5.10 Å². The van der Waals surface area contributed by atoms with E-state index < -0.39 is 15.5 Å². The van der Waals surface area contributed by atoms with Crippen LogP contribution in [0.4, 0.5) is 17.1 Å². The van der Waals surface area contributed by atoms with Crippen LogP contribution in [0.5, 0.6) is 0 Å². The summed E-state index contributed by atoms with van der Waals surface area (Å²) in [6, 6.07) is 22.9. The van der Waals surface area contributed by atoms with E-state index in [0.29, 0.717) is 12.8 Å². The SMILES string of the molecule is O=[N+]([O-])c1ccc(NN=C(Cc2ccccc2)Cc2ccccc2)c([N+](=O)[O-])c1. The van der Waals surface area contributed by atoms with E-state index in [9.17, 15) is 20.2 Å². The number of rotatable bonds is 8. The Morgan fingerprint density at radius 3 is 1.83 bits per heavy atom. The monoisotopic (exact) mass is 390 g/mol. The molecule has 3 rings (SSSR count). The molecule has 0 saturated heterocycles. The average Bonchev–Trinajstić information content (AvgIpc) is 2.73. The topological polar surface area (TPSA) is 111 Å². The van der Waals surface area contributed by atoms with Crippen LogP contribution in [0.1, 0.15) is 11.1 Å². The molecule has 8 nitrogen and oxygen atoms in total. The predicted molar refractivity (Wildman–Crippen MR) is 111 cm³/mol. The van der Waals surface area contributed by atoms with Gasteiger partial charge in [0.25, 0.3) is 5.69 Å². The van der Waals surface area contributed by atoms with Gasteiger partial charge in [-0.05, 0) is 17.2 Å². The number of non-ortho nitro benzene ring substituents is 1. The summed E-state index contributed by atoms with van der Waals surface area (Å²) < 4.78 is 0. The molecule has 0 aliphatic heterocycles. The molecule has 1 N–H and O–H groups in total. The van der Waals surface area contributed by atoms with Gasteiger partial charge in [0.1, 0.15) is 5.69 Å².